The van der Waals surface area contributed by atoms with Crippen LogP contribution in [0.4, 0.5) is 5.69 Å². The lowest BCUT2D eigenvalue weighted by atomic mass is 9.85. The third-order valence-corrected chi connectivity index (χ3v) is 6.13. The molecule has 0 saturated heterocycles. The summed E-state index contributed by atoms with van der Waals surface area (Å²) in [6, 6.07) is 16.2. The predicted molar refractivity (Wildman–Crippen MR) is 150 cm³/mol. The van der Waals surface area contributed by atoms with Gasteiger partial charge in [-0.05, 0) is 62.9 Å². The van der Waals surface area contributed by atoms with Crippen molar-refractivity contribution < 1.29 is 4.79 Å². The van der Waals surface area contributed by atoms with Gasteiger partial charge in [0.15, 0.2) is 5.96 Å². The van der Waals surface area contributed by atoms with Crippen LogP contribution >= 0.6 is 24.0 Å². The number of rotatable bonds is 9. The lowest BCUT2D eigenvalue weighted by Gasteiger charge is -2.24. The monoisotopic (exact) mass is 574 g/mol. The molecule has 1 heterocycles. The molecule has 8 heteroatoms. The molecule has 0 aliphatic heterocycles. The second-order valence-electron chi connectivity index (χ2n) is 8.59. The van der Waals surface area contributed by atoms with Gasteiger partial charge in [0.1, 0.15) is 5.82 Å². The van der Waals surface area contributed by atoms with E-state index in [-0.39, 0.29) is 35.8 Å². The minimum atomic E-state index is 0. The van der Waals surface area contributed by atoms with E-state index in [4.69, 9.17) is 4.99 Å². The number of guanidine groups is 1. The Morgan fingerprint density at radius 1 is 1.15 bits per heavy atom. The normalized spacial score (nSPS) is 13.8. The summed E-state index contributed by atoms with van der Waals surface area (Å²) in [5, 5.41) is 9.79. The molecule has 3 aromatic rings. The highest BCUT2D eigenvalue weighted by molar-refractivity contribution is 14.0. The van der Waals surface area contributed by atoms with Crippen molar-refractivity contribution in [1.29, 1.82) is 0 Å². The largest absolute Gasteiger partial charge is 0.357 e. The number of nitrogens with zero attached hydrogens (tertiary/aromatic N) is 3. The third kappa shape index (κ3) is 6.71. The Morgan fingerprint density at radius 3 is 2.74 bits per heavy atom. The molecule has 4 rings (SSSR count). The average Bonchev–Trinajstić information content (AvgIpc) is 3.09. The number of hydrogen-bond donors (Lipinski definition) is 3. The van der Waals surface area contributed by atoms with Gasteiger partial charge in [0, 0.05) is 31.2 Å². The second kappa shape index (κ2) is 12.7. The molecule has 1 aliphatic carbocycles. The number of para-hydroxylation sites is 2. The molecular formula is C26H35IN6O. The number of nitrogens with one attached hydrogen (secondary N) is 3. The molecule has 3 N–H and O–H groups in total. The van der Waals surface area contributed by atoms with Crippen molar-refractivity contribution in [2.24, 2.45) is 10.9 Å². The quantitative estimate of drug-likeness (QED) is 0.148. The topological polar surface area (TPSA) is 83.3 Å². The number of benzene rings is 2. The summed E-state index contributed by atoms with van der Waals surface area (Å²) in [5.41, 5.74) is 4.14. The summed E-state index contributed by atoms with van der Waals surface area (Å²) in [6.45, 7) is 7.19. The van der Waals surface area contributed by atoms with Crippen molar-refractivity contribution in [2.45, 2.75) is 52.6 Å². The Kier molecular flexibility index (Phi) is 9.74. The zero-order chi connectivity index (χ0) is 23.0. The van der Waals surface area contributed by atoms with Gasteiger partial charge >= 0.3 is 0 Å². The summed E-state index contributed by atoms with van der Waals surface area (Å²) < 4.78 is 2.27. The maximum absolute atomic E-state index is 12.2. The number of anilines is 1. The summed E-state index contributed by atoms with van der Waals surface area (Å²) >= 11 is 0. The van der Waals surface area contributed by atoms with Gasteiger partial charge in [0.05, 0.1) is 17.6 Å². The fourth-order valence-corrected chi connectivity index (χ4v) is 4.10. The molecule has 2 aromatic carbocycles. The lowest BCUT2D eigenvalue weighted by molar-refractivity contribution is -0.122. The number of aromatic nitrogens is 2. The van der Waals surface area contributed by atoms with E-state index < -0.39 is 0 Å². The Morgan fingerprint density at radius 2 is 1.97 bits per heavy atom. The van der Waals surface area contributed by atoms with Crippen molar-refractivity contribution in [2.75, 3.05) is 18.4 Å². The van der Waals surface area contributed by atoms with Crippen molar-refractivity contribution in [3.63, 3.8) is 0 Å². The number of imidazole rings is 1. The number of halogens is 1. The molecule has 7 nitrogen and oxygen atoms in total. The van der Waals surface area contributed by atoms with E-state index in [1.807, 2.05) is 30.3 Å². The molecule has 0 bridgehead atoms. The molecule has 1 aliphatic rings. The van der Waals surface area contributed by atoms with Crippen LogP contribution in [0.15, 0.2) is 53.5 Å². The number of amides is 1. The number of aryl methyl sites for hydroxylation is 2. The van der Waals surface area contributed by atoms with Gasteiger partial charge in [0.25, 0.3) is 0 Å². The molecule has 0 atom stereocenters. The van der Waals surface area contributed by atoms with E-state index in [0.29, 0.717) is 6.54 Å². The minimum absolute atomic E-state index is 0. The smallest absolute Gasteiger partial charge is 0.227 e. The molecule has 182 valence electrons. The predicted octanol–water partition coefficient (Wildman–Crippen LogP) is 4.85. The van der Waals surface area contributed by atoms with E-state index in [1.165, 1.54) is 5.52 Å². The van der Waals surface area contributed by atoms with Crippen molar-refractivity contribution in [3.05, 3.63) is 59.9 Å². The maximum Gasteiger partial charge on any atom is 0.227 e. The van der Waals surface area contributed by atoms with E-state index in [0.717, 1.165) is 73.9 Å². The first-order valence-corrected chi connectivity index (χ1v) is 12.0. The van der Waals surface area contributed by atoms with Crippen LogP contribution in [0.1, 0.15) is 44.0 Å². The number of carbonyl (C=O) groups is 1. The number of fused-ring (bicyclic) bond motifs is 1. The molecule has 1 aromatic heterocycles. The van der Waals surface area contributed by atoms with Crippen molar-refractivity contribution in [1.82, 2.24) is 20.2 Å². The van der Waals surface area contributed by atoms with E-state index in [2.05, 4.69) is 57.5 Å². The van der Waals surface area contributed by atoms with Crippen LogP contribution < -0.4 is 16.0 Å². The van der Waals surface area contributed by atoms with Crippen LogP contribution in [-0.2, 0) is 17.9 Å². The fourth-order valence-electron chi connectivity index (χ4n) is 4.10. The van der Waals surface area contributed by atoms with Gasteiger partial charge in [-0.25, -0.2) is 9.98 Å². The standard InChI is InChI=1S/C26H34N6O.HI/c1-3-27-26(28-15-8-16-32-19(2)30-23-13-4-5-14-24(23)32)29-18-20-9-6-12-22(17-20)31-25(33)21-10-7-11-21;/h4-6,9,12-14,17,21H,3,7-8,10-11,15-16,18H2,1-2H3,(H,31,33)(H2,27,28,29);1H. The Balaban J connectivity index is 0.00000324. The van der Waals surface area contributed by atoms with E-state index in [1.54, 1.807) is 0 Å². The number of aliphatic imine (C=N–C) groups is 1. The molecule has 0 unspecified atom stereocenters. The summed E-state index contributed by atoms with van der Waals surface area (Å²) in [5.74, 6) is 2.16. The van der Waals surface area contributed by atoms with Gasteiger partial charge in [-0.2, -0.15) is 0 Å². The Bertz CT molecular complexity index is 1120. The molecular weight excluding hydrogens is 539 g/mol. The van der Waals surface area contributed by atoms with Gasteiger partial charge in [-0.15, -0.1) is 24.0 Å². The van der Waals surface area contributed by atoms with E-state index in [9.17, 15) is 4.79 Å². The first kappa shape index (κ1) is 26.0. The molecule has 1 saturated carbocycles. The minimum Gasteiger partial charge on any atom is -0.357 e. The van der Waals surface area contributed by atoms with Gasteiger partial charge in [0.2, 0.25) is 5.91 Å². The number of carbonyl (C=O) groups excluding carboxylic acids is 1. The summed E-state index contributed by atoms with van der Waals surface area (Å²) in [4.78, 5) is 21.6. The summed E-state index contributed by atoms with van der Waals surface area (Å²) in [6.07, 6.45) is 4.13. The first-order chi connectivity index (χ1) is 16.1. The van der Waals surface area contributed by atoms with E-state index >= 15 is 0 Å². The van der Waals surface area contributed by atoms with Crippen LogP contribution in [0.2, 0.25) is 0 Å². The van der Waals surface area contributed by atoms with Crippen molar-refractivity contribution in [3.8, 4) is 0 Å². The zero-order valence-electron chi connectivity index (χ0n) is 20.0. The van der Waals surface area contributed by atoms with Gasteiger partial charge < -0.3 is 20.5 Å². The first-order valence-electron chi connectivity index (χ1n) is 12.0. The lowest BCUT2D eigenvalue weighted by Crippen LogP contribution is -2.38. The van der Waals surface area contributed by atoms with Crippen LogP contribution in [0.5, 0.6) is 0 Å². The van der Waals surface area contributed by atoms with Crippen LogP contribution in [0.25, 0.3) is 11.0 Å². The summed E-state index contributed by atoms with van der Waals surface area (Å²) in [7, 11) is 0. The molecule has 34 heavy (non-hydrogen) atoms. The molecule has 1 amide bonds. The number of hydrogen-bond acceptors (Lipinski definition) is 3. The maximum atomic E-state index is 12.2. The fraction of sp³-hybridized carbons (Fsp3) is 0.423. The molecule has 1 fully saturated rings. The zero-order valence-corrected chi connectivity index (χ0v) is 22.3. The highest BCUT2D eigenvalue weighted by Gasteiger charge is 2.25. The molecule has 0 radical (unpaired) electrons. The van der Waals surface area contributed by atoms with Gasteiger partial charge in [-0.1, -0.05) is 30.7 Å². The van der Waals surface area contributed by atoms with Crippen LogP contribution in [0, 0.1) is 12.8 Å². The SMILES string of the molecule is CCNC(=NCc1cccc(NC(=O)C2CCC2)c1)NCCCn1c(C)nc2ccccc21.I. The van der Waals surface area contributed by atoms with Crippen LogP contribution in [-0.4, -0.2) is 34.5 Å². The Hall–Kier alpha value is -2.62. The highest BCUT2D eigenvalue weighted by Crippen LogP contribution is 2.27. The molecule has 0 spiro atoms. The van der Waals surface area contributed by atoms with Crippen molar-refractivity contribution >= 4 is 52.6 Å². The van der Waals surface area contributed by atoms with Crippen LogP contribution in [0.3, 0.4) is 0 Å². The van der Waals surface area contributed by atoms with Gasteiger partial charge in [-0.3, -0.25) is 4.79 Å². The highest BCUT2D eigenvalue weighted by atomic mass is 127. The second-order valence-corrected chi connectivity index (χ2v) is 8.59. The third-order valence-electron chi connectivity index (χ3n) is 6.13. The Labute approximate surface area is 218 Å². The average molecular weight is 575 g/mol.